The molecule has 2 N–H and O–H groups in total. The molecule has 0 radical (unpaired) electrons. The molecule has 6 heteroatoms. The molecule has 1 aromatic carbocycles. The molecular formula is C15H21BrN2O3. The third kappa shape index (κ3) is 5.85. The van der Waals surface area contributed by atoms with E-state index in [0.29, 0.717) is 19.6 Å². The Morgan fingerprint density at radius 2 is 2.10 bits per heavy atom. The van der Waals surface area contributed by atoms with Crippen LogP contribution >= 0.6 is 15.9 Å². The zero-order valence-electron chi connectivity index (χ0n) is 12.5. The van der Waals surface area contributed by atoms with E-state index in [4.69, 9.17) is 0 Å². The Labute approximate surface area is 133 Å². The quantitative estimate of drug-likeness (QED) is 0.785. The predicted octanol–water partition coefficient (Wildman–Crippen LogP) is 2.17. The normalized spacial score (nSPS) is 12.2. The number of aliphatic carboxylic acids is 1. The molecule has 0 aliphatic rings. The Kier molecular flexibility index (Phi) is 6.84. The second kappa shape index (κ2) is 8.14. The van der Waals surface area contributed by atoms with Gasteiger partial charge >= 0.3 is 5.97 Å². The van der Waals surface area contributed by atoms with Crippen LogP contribution in [0.3, 0.4) is 0 Å². The zero-order valence-corrected chi connectivity index (χ0v) is 14.1. The van der Waals surface area contributed by atoms with Crippen LogP contribution in [0, 0.1) is 6.92 Å². The third-order valence-corrected chi connectivity index (χ3v) is 4.00. The first-order valence-corrected chi connectivity index (χ1v) is 7.57. The Hall–Kier alpha value is -1.40. The molecule has 1 amide bonds. The molecule has 21 heavy (non-hydrogen) atoms. The van der Waals surface area contributed by atoms with Gasteiger partial charge in [-0.1, -0.05) is 28.1 Å². The van der Waals surface area contributed by atoms with Crippen molar-refractivity contribution in [3.8, 4) is 0 Å². The lowest BCUT2D eigenvalue weighted by Gasteiger charge is -2.26. The number of nitrogens with zero attached hydrogens (tertiary/aromatic N) is 1. The van der Waals surface area contributed by atoms with Gasteiger partial charge in [-0.05, 0) is 31.0 Å². The second-order valence-electron chi connectivity index (χ2n) is 5.06. The van der Waals surface area contributed by atoms with E-state index in [1.165, 1.54) is 6.92 Å². The average molecular weight is 357 g/mol. The number of halogens is 1. The van der Waals surface area contributed by atoms with Crippen molar-refractivity contribution < 1.29 is 14.7 Å². The fourth-order valence-corrected chi connectivity index (χ4v) is 2.56. The van der Waals surface area contributed by atoms with E-state index in [2.05, 4.69) is 21.2 Å². The molecule has 1 atom stereocenters. The summed E-state index contributed by atoms with van der Waals surface area (Å²) in [4.78, 5) is 24.0. The lowest BCUT2D eigenvalue weighted by atomic mass is 10.1. The molecule has 1 unspecified atom stereocenters. The number of amides is 1. The lowest BCUT2D eigenvalue weighted by Crippen LogP contribution is -2.42. The Morgan fingerprint density at radius 3 is 2.62 bits per heavy atom. The summed E-state index contributed by atoms with van der Waals surface area (Å²) in [5, 5.41) is 11.9. The summed E-state index contributed by atoms with van der Waals surface area (Å²) < 4.78 is 0.963. The van der Waals surface area contributed by atoms with Crippen molar-refractivity contribution in [2.45, 2.75) is 33.4 Å². The maximum atomic E-state index is 11.2. The highest BCUT2D eigenvalue weighted by atomic mass is 79.9. The van der Waals surface area contributed by atoms with Gasteiger partial charge in [-0.2, -0.15) is 0 Å². The van der Waals surface area contributed by atoms with Crippen LogP contribution in [0.4, 0.5) is 0 Å². The van der Waals surface area contributed by atoms with Crippen LogP contribution < -0.4 is 5.32 Å². The average Bonchev–Trinajstić information content (AvgIpc) is 2.38. The molecule has 1 aromatic rings. The summed E-state index contributed by atoms with van der Waals surface area (Å²) in [6, 6.07) is 5.37. The minimum atomic E-state index is -0.874. The van der Waals surface area contributed by atoms with Gasteiger partial charge in [0, 0.05) is 31.0 Å². The first kappa shape index (κ1) is 17.7. The van der Waals surface area contributed by atoms with E-state index in [0.717, 1.165) is 15.6 Å². The van der Waals surface area contributed by atoms with E-state index in [1.54, 1.807) is 6.92 Å². The van der Waals surface area contributed by atoms with E-state index in [1.807, 2.05) is 30.0 Å². The van der Waals surface area contributed by atoms with Crippen LogP contribution in [0.15, 0.2) is 22.7 Å². The number of nitrogens with one attached hydrogen (secondary N) is 1. The van der Waals surface area contributed by atoms with Crippen molar-refractivity contribution in [2.24, 2.45) is 0 Å². The molecule has 0 spiro atoms. The van der Waals surface area contributed by atoms with Crippen molar-refractivity contribution in [1.29, 1.82) is 0 Å². The van der Waals surface area contributed by atoms with Gasteiger partial charge in [-0.25, -0.2) is 0 Å². The minimum absolute atomic E-state index is 0.116. The molecule has 0 heterocycles. The van der Waals surface area contributed by atoms with E-state index in [-0.39, 0.29) is 5.91 Å². The monoisotopic (exact) mass is 356 g/mol. The van der Waals surface area contributed by atoms with Crippen molar-refractivity contribution in [2.75, 3.05) is 13.1 Å². The summed E-state index contributed by atoms with van der Waals surface area (Å²) in [6.45, 7) is 6.51. The number of hydrogen-bond acceptors (Lipinski definition) is 3. The molecule has 0 bridgehead atoms. The number of benzene rings is 1. The number of rotatable bonds is 7. The predicted molar refractivity (Wildman–Crippen MR) is 85.1 cm³/mol. The van der Waals surface area contributed by atoms with Crippen LogP contribution in [-0.4, -0.2) is 41.0 Å². The first-order chi connectivity index (χ1) is 9.81. The summed E-state index contributed by atoms with van der Waals surface area (Å²) in [7, 11) is 0. The maximum Gasteiger partial charge on any atom is 0.320 e. The van der Waals surface area contributed by atoms with Gasteiger partial charge in [0.05, 0.1) is 0 Å². The van der Waals surface area contributed by atoms with Gasteiger partial charge in [0.15, 0.2) is 0 Å². The van der Waals surface area contributed by atoms with Crippen LogP contribution in [0.5, 0.6) is 0 Å². The van der Waals surface area contributed by atoms with Crippen LogP contribution in [0.2, 0.25) is 0 Å². The Bertz CT molecular complexity index is 520. The molecule has 0 fully saturated rings. The highest BCUT2D eigenvalue weighted by Crippen LogP contribution is 2.20. The largest absolute Gasteiger partial charge is 0.480 e. The van der Waals surface area contributed by atoms with Gasteiger partial charge in [-0.3, -0.25) is 14.5 Å². The molecule has 1 rings (SSSR count). The van der Waals surface area contributed by atoms with E-state index < -0.39 is 12.0 Å². The molecule has 0 aliphatic carbocycles. The van der Waals surface area contributed by atoms with Crippen molar-refractivity contribution in [1.82, 2.24) is 10.2 Å². The molecule has 0 aliphatic heterocycles. The number of carboxylic acids is 1. The zero-order chi connectivity index (χ0) is 16.0. The summed E-state index contributed by atoms with van der Waals surface area (Å²) >= 11 is 3.51. The Balaban J connectivity index is 2.80. The molecule has 116 valence electrons. The maximum absolute atomic E-state index is 11.2. The molecule has 0 saturated heterocycles. The first-order valence-electron chi connectivity index (χ1n) is 6.77. The second-order valence-corrected chi connectivity index (χ2v) is 5.92. The van der Waals surface area contributed by atoms with E-state index in [9.17, 15) is 14.7 Å². The van der Waals surface area contributed by atoms with Gasteiger partial charge in [0.25, 0.3) is 0 Å². The number of carbonyl (C=O) groups excluding carboxylic acids is 1. The van der Waals surface area contributed by atoms with Gasteiger partial charge in [0.1, 0.15) is 6.04 Å². The van der Waals surface area contributed by atoms with Crippen LogP contribution in [0.25, 0.3) is 0 Å². The fraction of sp³-hybridized carbons (Fsp3) is 0.467. The molecule has 0 saturated carbocycles. The number of aryl methyl sites for hydroxylation is 1. The fourth-order valence-electron chi connectivity index (χ4n) is 1.94. The van der Waals surface area contributed by atoms with Gasteiger partial charge < -0.3 is 10.4 Å². The van der Waals surface area contributed by atoms with Crippen LogP contribution in [0.1, 0.15) is 25.0 Å². The van der Waals surface area contributed by atoms with Crippen molar-refractivity contribution in [3.05, 3.63) is 33.8 Å². The summed E-state index contributed by atoms with van der Waals surface area (Å²) in [6.07, 6.45) is 0. The molecular weight excluding hydrogens is 336 g/mol. The standard InChI is InChI=1S/C15H21BrN2O3/c1-10-4-5-13(14(16)8-10)9-18(11(2)15(20)21)7-6-17-12(3)19/h4-5,8,11H,6-7,9H2,1-3H3,(H,17,19)(H,20,21). The topological polar surface area (TPSA) is 69.6 Å². The summed E-state index contributed by atoms with van der Waals surface area (Å²) in [5.74, 6) is -0.990. The third-order valence-electron chi connectivity index (χ3n) is 3.26. The summed E-state index contributed by atoms with van der Waals surface area (Å²) in [5.41, 5.74) is 2.17. The van der Waals surface area contributed by atoms with Gasteiger partial charge in [-0.15, -0.1) is 0 Å². The van der Waals surface area contributed by atoms with Crippen LogP contribution in [-0.2, 0) is 16.1 Å². The molecule has 0 aromatic heterocycles. The van der Waals surface area contributed by atoms with E-state index >= 15 is 0 Å². The number of carboxylic acid groups (broad SMARTS) is 1. The highest BCUT2D eigenvalue weighted by Gasteiger charge is 2.21. The minimum Gasteiger partial charge on any atom is -0.480 e. The molecule has 5 nitrogen and oxygen atoms in total. The highest BCUT2D eigenvalue weighted by molar-refractivity contribution is 9.10. The van der Waals surface area contributed by atoms with Crippen molar-refractivity contribution >= 4 is 27.8 Å². The number of carbonyl (C=O) groups is 2. The smallest absolute Gasteiger partial charge is 0.320 e. The lowest BCUT2D eigenvalue weighted by molar-refractivity contribution is -0.142. The SMILES string of the molecule is CC(=O)NCCN(Cc1ccc(C)cc1Br)C(C)C(=O)O. The van der Waals surface area contributed by atoms with Gasteiger partial charge in [0.2, 0.25) is 5.91 Å². The van der Waals surface area contributed by atoms with Crippen molar-refractivity contribution in [3.63, 3.8) is 0 Å². The Morgan fingerprint density at radius 1 is 1.43 bits per heavy atom. The number of hydrogen-bond donors (Lipinski definition) is 2.